The monoisotopic (exact) mass is 379 g/mol. The minimum atomic E-state index is -0.999. The Morgan fingerprint density at radius 2 is 2.07 bits per heavy atom. The molecule has 1 aliphatic rings. The van der Waals surface area contributed by atoms with Gasteiger partial charge in [-0.05, 0) is 6.07 Å². The molecule has 134 valence electrons. The third kappa shape index (κ3) is 2.66. The molecule has 0 aliphatic carbocycles. The van der Waals surface area contributed by atoms with Crippen molar-refractivity contribution in [3.8, 4) is 22.1 Å². The van der Waals surface area contributed by atoms with Gasteiger partial charge in [0, 0.05) is 17.2 Å². The van der Waals surface area contributed by atoms with Crippen LogP contribution in [0.2, 0.25) is 0 Å². The van der Waals surface area contributed by atoms with Crippen molar-refractivity contribution in [2.75, 3.05) is 6.79 Å². The van der Waals surface area contributed by atoms with Crippen LogP contribution in [0.5, 0.6) is 5.75 Å². The molecular formula is C19H13N3O4S. The molecule has 0 radical (unpaired) electrons. The summed E-state index contributed by atoms with van der Waals surface area (Å²) in [5.41, 5.74) is 3.72. The highest BCUT2D eigenvalue weighted by atomic mass is 32.1. The van der Waals surface area contributed by atoms with E-state index in [1.165, 1.54) is 0 Å². The van der Waals surface area contributed by atoms with Crippen LogP contribution in [0.4, 0.5) is 0 Å². The lowest BCUT2D eigenvalue weighted by Crippen LogP contribution is -2.11. The van der Waals surface area contributed by atoms with E-state index in [0.717, 1.165) is 39.2 Å². The number of carbonyl (C=O) groups is 1. The van der Waals surface area contributed by atoms with Crippen LogP contribution in [0.3, 0.4) is 0 Å². The number of nitrogens with zero attached hydrogens (tertiary/aromatic N) is 3. The van der Waals surface area contributed by atoms with E-state index in [4.69, 9.17) is 9.47 Å². The summed E-state index contributed by atoms with van der Waals surface area (Å²) < 4.78 is 12.6. The molecular weight excluding hydrogens is 366 g/mol. The van der Waals surface area contributed by atoms with Crippen molar-refractivity contribution in [3.05, 3.63) is 59.2 Å². The van der Waals surface area contributed by atoms with Crippen molar-refractivity contribution in [3.63, 3.8) is 0 Å². The van der Waals surface area contributed by atoms with Crippen molar-refractivity contribution in [2.45, 2.75) is 6.61 Å². The Balaban J connectivity index is 1.68. The lowest BCUT2D eigenvalue weighted by Gasteiger charge is -2.17. The fourth-order valence-electron chi connectivity index (χ4n) is 3.08. The average Bonchev–Trinajstić information content (AvgIpc) is 3.31. The largest absolute Gasteiger partial charge is 0.477 e. The van der Waals surface area contributed by atoms with Gasteiger partial charge in [0.2, 0.25) is 0 Å². The molecule has 0 atom stereocenters. The Bertz CT molecular complexity index is 1170. The van der Waals surface area contributed by atoms with Crippen molar-refractivity contribution >= 4 is 28.3 Å². The van der Waals surface area contributed by atoms with Gasteiger partial charge in [-0.25, -0.2) is 14.8 Å². The molecule has 2 aromatic heterocycles. The van der Waals surface area contributed by atoms with Gasteiger partial charge in [0.1, 0.15) is 17.0 Å². The summed E-state index contributed by atoms with van der Waals surface area (Å²) in [7, 11) is 0. The van der Waals surface area contributed by atoms with Gasteiger partial charge in [-0.3, -0.25) is 4.57 Å². The smallest absolute Gasteiger partial charge is 0.348 e. The van der Waals surface area contributed by atoms with Crippen molar-refractivity contribution in [1.82, 2.24) is 14.5 Å². The third-order valence-corrected chi connectivity index (χ3v) is 5.39. The van der Waals surface area contributed by atoms with E-state index < -0.39 is 5.97 Å². The molecule has 1 aliphatic heterocycles. The summed E-state index contributed by atoms with van der Waals surface area (Å²) in [5.74, 6) is -0.240. The quantitative estimate of drug-likeness (QED) is 0.584. The minimum absolute atomic E-state index is 0.197. The number of hydrogen-bond donors (Lipinski definition) is 1. The second-order valence-corrected chi connectivity index (χ2v) is 7.00. The van der Waals surface area contributed by atoms with Gasteiger partial charge in [-0.1, -0.05) is 41.7 Å². The number of thiazole rings is 1. The summed E-state index contributed by atoms with van der Waals surface area (Å²) >= 11 is 1.12. The van der Waals surface area contributed by atoms with Crippen LogP contribution in [0.25, 0.3) is 27.4 Å². The highest BCUT2D eigenvalue weighted by Crippen LogP contribution is 2.34. The molecule has 0 spiro atoms. The fraction of sp³-hybridized carbons (Fsp3) is 0.105. The number of benzene rings is 2. The molecule has 0 amide bonds. The Morgan fingerprint density at radius 3 is 2.89 bits per heavy atom. The van der Waals surface area contributed by atoms with Gasteiger partial charge in [0.05, 0.1) is 23.3 Å². The highest BCUT2D eigenvalue weighted by Gasteiger charge is 2.21. The number of aromatic carboxylic acids is 1. The number of rotatable bonds is 3. The highest BCUT2D eigenvalue weighted by molar-refractivity contribution is 7.16. The molecule has 7 nitrogen and oxygen atoms in total. The molecule has 2 aromatic carbocycles. The molecule has 0 saturated heterocycles. The molecule has 0 saturated carbocycles. The Hall–Kier alpha value is -3.23. The maximum Gasteiger partial charge on any atom is 0.348 e. The van der Waals surface area contributed by atoms with Crippen LogP contribution in [-0.4, -0.2) is 32.4 Å². The van der Waals surface area contributed by atoms with E-state index in [-0.39, 0.29) is 11.7 Å². The number of carboxylic acids is 1. The summed E-state index contributed by atoms with van der Waals surface area (Å²) in [6.07, 6.45) is 1.65. The second kappa shape index (κ2) is 6.19. The van der Waals surface area contributed by atoms with Crippen molar-refractivity contribution in [2.24, 2.45) is 0 Å². The van der Waals surface area contributed by atoms with Crippen LogP contribution in [0.1, 0.15) is 15.2 Å². The van der Waals surface area contributed by atoms with Crippen molar-refractivity contribution in [1.29, 1.82) is 0 Å². The lowest BCUT2D eigenvalue weighted by atomic mass is 10.1. The Labute approximate surface area is 157 Å². The van der Waals surface area contributed by atoms with Gasteiger partial charge in [-0.2, -0.15) is 0 Å². The Morgan fingerprint density at radius 1 is 1.22 bits per heavy atom. The van der Waals surface area contributed by atoms with E-state index in [2.05, 4.69) is 9.97 Å². The molecule has 0 unspecified atom stereocenters. The van der Waals surface area contributed by atoms with Crippen molar-refractivity contribution < 1.29 is 19.4 Å². The van der Waals surface area contributed by atoms with E-state index in [1.54, 1.807) is 10.9 Å². The molecule has 5 rings (SSSR count). The number of aromatic nitrogens is 3. The van der Waals surface area contributed by atoms with Crippen LogP contribution in [0, 0.1) is 0 Å². The van der Waals surface area contributed by atoms with Gasteiger partial charge in [-0.15, -0.1) is 0 Å². The third-order valence-electron chi connectivity index (χ3n) is 4.35. The van der Waals surface area contributed by atoms with Gasteiger partial charge in [0.15, 0.2) is 11.9 Å². The first kappa shape index (κ1) is 16.0. The van der Waals surface area contributed by atoms with Crippen LogP contribution >= 0.6 is 11.3 Å². The van der Waals surface area contributed by atoms with E-state index in [1.807, 2.05) is 42.5 Å². The zero-order valence-electron chi connectivity index (χ0n) is 14.0. The first-order chi connectivity index (χ1) is 13.2. The molecule has 0 bridgehead atoms. The number of hydrogen-bond acceptors (Lipinski definition) is 6. The van der Waals surface area contributed by atoms with Crippen LogP contribution in [-0.2, 0) is 11.3 Å². The zero-order valence-corrected chi connectivity index (χ0v) is 14.8. The fourth-order valence-corrected chi connectivity index (χ4v) is 4.00. The predicted molar refractivity (Wildman–Crippen MR) is 99.4 cm³/mol. The van der Waals surface area contributed by atoms with E-state index in [9.17, 15) is 9.90 Å². The molecule has 8 heteroatoms. The normalized spacial score (nSPS) is 13.3. The molecule has 3 heterocycles. The average molecular weight is 379 g/mol. The molecule has 1 N–H and O–H groups in total. The minimum Gasteiger partial charge on any atom is -0.477 e. The number of ether oxygens (including phenoxy) is 2. The zero-order chi connectivity index (χ0) is 18.4. The first-order valence-electron chi connectivity index (χ1n) is 8.21. The van der Waals surface area contributed by atoms with E-state index in [0.29, 0.717) is 17.4 Å². The summed E-state index contributed by atoms with van der Waals surface area (Å²) in [4.78, 5) is 21.0. The van der Waals surface area contributed by atoms with Crippen LogP contribution in [0.15, 0.2) is 48.8 Å². The molecule has 4 aromatic rings. The van der Waals surface area contributed by atoms with E-state index >= 15 is 0 Å². The molecule has 0 fully saturated rings. The predicted octanol–water partition coefficient (Wildman–Crippen LogP) is 3.71. The number of fused-ring (bicyclic) bond motifs is 2. The second-order valence-electron chi connectivity index (χ2n) is 6.02. The van der Waals surface area contributed by atoms with Crippen LogP contribution < -0.4 is 4.74 Å². The lowest BCUT2D eigenvalue weighted by molar-refractivity contribution is -0.0161. The maximum atomic E-state index is 11.7. The summed E-state index contributed by atoms with van der Waals surface area (Å²) in [6.45, 7) is 0.693. The van der Waals surface area contributed by atoms with Gasteiger partial charge >= 0.3 is 5.97 Å². The standard InChI is InChI=1S/C19H13N3O4S/c23-18(24)17-16(11-4-2-1-3-5-11)21-19(27-17)22-9-20-13-7-15-12(6-14(13)22)8-25-10-26-15/h1-7,9H,8,10H2,(H,23,24). The van der Waals surface area contributed by atoms with Gasteiger partial charge in [0.25, 0.3) is 0 Å². The Kier molecular flexibility index (Phi) is 3.66. The van der Waals surface area contributed by atoms with Gasteiger partial charge < -0.3 is 14.6 Å². The number of imidazole rings is 1. The first-order valence-corrected chi connectivity index (χ1v) is 9.03. The summed E-state index contributed by atoms with van der Waals surface area (Å²) in [6, 6.07) is 13.1. The summed E-state index contributed by atoms with van der Waals surface area (Å²) in [5, 5.41) is 10.2. The SMILES string of the molecule is O=C(O)c1sc(-n2cnc3cc4c(cc32)COCO4)nc1-c1ccccc1. The molecule has 27 heavy (non-hydrogen) atoms. The topological polar surface area (TPSA) is 86.5 Å². The number of carboxylic acid groups (broad SMARTS) is 1. The maximum absolute atomic E-state index is 11.7.